The van der Waals surface area contributed by atoms with Crippen LogP contribution in [0, 0.1) is 25.2 Å². The van der Waals surface area contributed by atoms with E-state index in [9.17, 15) is 14.9 Å². The first kappa shape index (κ1) is 22.2. The first-order chi connectivity index (χ1) is 13.8. The van der Waals surface area contributed by atoms with E-state index in [0.29, 0.717) is 11.5 Å². The van der Waals surface area contributed by atoms with Gasteiger partial charge in [-0.25, -0.2) is 4.79 Å². The summed E-state index contributed by atoms with van der Waals surface area (Å²) < 4.78 is 7.25. The second-order valence-electron chi connectivity index (χ2n) is 7.42. The zero-order valence-corrected chi connectivity index (χ0v) is 17.8. The van der Waals surface area contributed by atoms with Gasteiger partial charge in [0, 0.05) is 23.5 Å². The first-order valence-electron chi connectivity index (χ1n) is 9.87. The molecule has 0 atom stereocenters. The lowest BCUT2D eigenvalue weighted by atomic mass is 10.0. The van der Waals surface area contributed by atoms with Crippen LogP contribution in [0.4, 0.5) is 0 Å². The monoisotopic (exact) mass is 392 g/mol. The summed E-state index contributed by atoms with van der Waals surface area (Å²) in [6.45, 7) is 10.7. The van der Waals surface area contributed by atoms with Crippen LogP contribution in [0.25, 0.3) is 6.08 Å². The number of ketones is 1. The molecular weight excluding hydrogens is 364 g/mol. The van der Waals surface area contributed by atoms with Gasteiger partial charge in [0.05, 0.1) is 0 Å². The number of ether oxygens (including phenoxy) is 1. The van der Waals surface area contributed by atoms with Crippen molar-refractivity contribution in [1.82, 2.24) is 4.57 Å². The van der Waals surface area contributed by atoms with Gasteiger partial charge in [-0.1, -0.05) is 45.0 Å². The molecule has 0 fully saturated rings. The van der Waals surface area contributed by atoms with E-state index in [0.717, 1.165) is 35.5 Å². The SMILES string of the molecule is CCCn1c(C)cc(/C=C(\C#N)C(=O)OCC(=O)c2ccc(C(C)C)cc2)c1C. The average molecular weight is 392 g/mol. The Labute approximate surface area is 172 Å². The normalized spacial score (nSPS) is 11.4. The zero-order valence-electron chi connectivity index (χ0n) is 17.8. The van der Waals surface area contributed by atoms with Crippen LogP contribution in [-0.2, 0) is 16.1 Å². The predicted octanol–water partition coefficient (Wildman–Crippen LogP) is 4.97. The minimum atomic E-state index is -0.792. The maximum Gasteiger partial charge on any atom is 0.349 e. The van der Waals surface area contributed by atoms with Crippen molar-refractivity contribution in [2.24, 2.45) is 0 Å². The molecule has 0 radical (unpaired) electrons. The molecule has 0 saturated carbocycles. The molecule has 0 spiro atoms. The summed E-state index contributed by atoms with van der Waals surface area (Å²) in [6, 6.07) is 11.1. The zero-order chi connectivity index (χ0) is 21.6. The summed E-state index contributed by atoms with van der Waals surface area (Å²) in [7, 11) is 0. The van der Waals surface area contributed by atoms with Crippen LogP contribution in [0.15, 0.2) is 35.9 Å². The van der Waals surface area contributed by atoms with Crippen LogP contribution < -0.4 is 0 Å². The van der Waals surface area contributed by atoms with Crippen molar-refractivity contribution in [1.29, 1.82) is 5.26 Å². The summed E-state index contributed by atoms with van der Waals surface area (Å²) in [6.07, 6.45) is 2.52. The van der Waals surface area contributed by atoms with Crippen molar-refractivity contribution in [3.8, 4) is 6.07 Å². The number of benzene rings is 1. The minimum Gasteiger partial charge on any atom is -0.453 e. The third-order valence-corrected chi connectivity index (χ3v) is 4.93. The van der Waals surface area contributed by atoms with Crippen molar-refractivity contribution in [3.05, 3.63) is 64.0 Å². The van der Waals surface area contributed by atoms with Gasteiger partial charge in [0.1, 0.15) is 11.6 Å². The predicted molar refractivity (Wildman–Crippen MR) is 114 cm³/mol. The number of carbonyl (C=O) groups is 2. The molecule has 152 valence electrons. The molecule has 0 N–H and O–H groups in total. The standard InChI is InChI=1S/C24H28N2O3/c1-6-11-26-17(4)12-21(18(26)5)13-22(14-25)24(28)29-15-23(27)20-9-7-19(8-10-20)16(2)3/h7-10,12-13,16H,6,11,15H2,1-5H3/b22-13+. The van der Waals surface area contributed by atoms with Crippen molar-refractivity contribution in [3.63, 3.8) is 0 Å². The van der Waals surface area contributed by atoms with Crippen LogP contribution in [-0.4, -0.2) is 22.9 Å². The Hall–Kier alpha value is -3.13. The maximum atomic E-state index is 12.3. The second kappa shape index (κ2) is 9.88. The van der Waals surface area contributed by atoms with E-state index in [2.05, 4.69) is 25.3 Å². The maximum absolute atomic E-state index is 12.3. The number of aromatic nitrogens is 1. The molecule has 0 amide bonds. The fraction of sp³-hybridized carbons (Fsp3) is 0.375. The molecule has 29 heavy (non-hydrogen) atoms. The Morgan fingerprint density at radius 1 is 1.21 bits per heavy atom. The molecule has 2 rings (SSSR count). The third-order valence-electron chi connectivity index (χ3n) is 4.93. The summed E-state index contributed by atoms with van der Waals surface area (Å²) in [5.41, 5.74) is 4.36. The number of nitrogens with zero attached hydrogens (tertiary/aromatic N) is 2. The summed E-state index contributed by atoms with van der Waals surface area (Å²) in [4.78, 5) is 24.6. The highest BCUT2D eigenvalue weighted by molar-refractivity contribution is 6.02. The van der Waals surface area contributed by atoms with Crippen molar-refractivity contribution >= 4 is 17.8 Å². The van der Waals surface area contributed by atoms with Gasteiger partial charge in [0.15, 0.2) is 12.4 Å². The number of Topliss-reactive ketones (excluding diaryl/α,β-unsaturated/α-hetero) is 1. The van der Waals surface area contributed by atoms with Gasteiger partial charge in [-0.05, 0) is 49.5 Å². The van der Waals surface area contributed by atoms with Gasteiger partial charge in [0.25, 0.3) is 0 Å². The van der Waals surface area contributed by atoms with Crippen molar-refractivity contribution in [2.75, 3.05) is 6.61 Å². The number of esters is 1. The molecule has 0 aliphatic carbocycles. The van der Waals surface area contributed by atoms with Gasteiger partial charge in [-0.3, -0.25) is 4.79 Å². The summed E-state index contributed by atoms with van der Waals surface area (Å²) >= 11 is 0. The number of carbonyl (C=O) groups excluding carboxylic acids is 2. The largest absolute Gasteiger partial charge is 0.453 e. The van der Waals surface area contributed by atoms with Gasteiger partial charge >= 0.3 is 5.97 Å². The Bertz CT molecular complexity index is 957. The molecule has 1 aromatic carbocycles. The number of hydrogen-bond donors (Lipinski definition) is 0. The highest BCUT2D eigenvalue weighted by atomic mass is 16.5. The van der Waals surface area contributed by atoms with Crippen LogP contribution in [0.5, 0.6) is 0 Å². The van der Waals surface area contributed by atoms with Crippen molar-refractivity contribution < 1.29 is 14.3 Å². The average Bonchev–Trinajstić information content (AvgIpc) is 2.97. The first-order valence-corrected chi connectivity index (χ1v) is 9.87. The smallest absolute Gasteiger partial charge is 0.349 e. The molecule has 0 aliphatic heterocycles. The van der Waals surface area contributed by atoms with Gasteiger partial charge in [0.2, 0.25) is 0 Å². The molecule has 1 heterocycles. The van der Waals surface area contributed by atoms with Crippen LogP contribution in [0.2, 0.25) is 0 Å². The van der Waals surface area contributed by atoms with E-state index in [1.165, 1.54) is 6.08 Å². The Balaban J connectivity index is 2.08. The molecule has 0 bridgehead atoms. The number of hydrogen-bond acceptors (Lipinski definition) is 4. The Kier molecular flexibility index (Phi) is 7.55. The summed E-state index contributed by atoms with van der Waals surface area (Å²) in [5, 5.41) is 9.38. The van der Waals surface area contributed by atoms with Gasteiger partial charge in [-0.2, -0.15) is 5.26 Å². The van der Waals surface area contributed by atoms with Crippen LogP contribution in [0.1, 0.15) is 66.0 Å². The third kappa shape index (κ3) is 5.45. The second-order valence-corrected chi connectivity index (χ2v) is 7.42. The van der Waals surface area contributed by atoms with Crippen molar-refractivity contribution in [2.45, 2.75) is 53.5 Å². The Morgan fingerprint density at radius 2 is 1.86 bits per heavy atom. The summed E-state index contributed by atoms with van der Waals surface area (Å²) in [5.74, 6) is -0.716. The molecule has 1 aromatic heterocycles. The highest BCUT2D eigenvalue weighted by Gasteiger charge is 2.16. The lowest BCUT2D eigenvalue weighted by Crippen LogP contribution is -2.15. The molecule has 2 aromatic rings. The number of nitriles is 1. The highest BCUT2D eigenvalue weighted by Crippen LogP contribution is 2.19. The number of rotatable bonds is 8. The number of aryl methyl sites for hydroxylation is 1. The van der Waals surface area contributed by atoms with Crippen LogP contribution >= 0.6 is 0 Å². The van der Waals surface area contributed by atoms with Gasteiger partial charge in [-0.15, -0.1) is 0 Å². The Morgan fingerprint density at radius 3 is 2.41 bits per heavy atom. The fourth-order valence-electron chi connectivity index (χ4n) is 3.18. The molecular formula is C24H28N2O3. The fourth-order valence-corrected chi connectivity index (χ4v) is 3.18. The lowest BCUT2D eigenvalue weighted by molar-refractivity contribution is -0.137. The molecule has 0 saturated heterocycles. The molecule has 0 unspecified atom stereocenters. The van der Waals surface area contributed by atoms with Crippen LogP contribution in [0.3, 0.4) is 0 Å². The molecule has 5 heteroatoms. The van der Waals surface area contributed by atoms with E-state index >= 15 is 0 Å². The molecule has 5 nitrogen and oxygen atoms in total. The van der Waals surface area contributed by atoms with E-state index in [-0.39, 0.29) is 11.4 Å². The van der Waals surface area contributed by atoms with E-state index in [1.54, 1.807) is 12.1 Å². The van der Waals surface area contributed by atoms with E-state index in [1.807, 2.05) is 38.1 Å². The topological polar surface area (TPSA) is 72.1 Å². The lowest BCUT2D eigenvalue weighted by Gasteiger charge is -2.07. The molecule has 0 aliphatic rings. The quantitative estimate of drug-likeness (QED) is 0.275. The van der Waals surface area contributed by atoms with Gasteiger partial charge < -0.3 is 9.30 Å². The van der Waals surface area contributed by atoms with E-state index in [4.69, 9.17) is 4.74 Å². The van der Waals surface area contributed by atoms with E-state index < -0.39 is 12.6 Å². The minimum absolute atomic E-state index is 0.121.